The number of nitrogens with one attached hydrogen (secondary N) is 1. The molecule has 1 fully saturated rings. The Morgan fingerprint density at radius 1 is 1.43 bits per heavy atom. The van der Waals surface area contributed by atoms with Crippen LogP contribution < -0.4 is 11.3 Å². The number of H-pyrrole nitrogens is 1. The van der Waals surface area contributed by atoms with Gasteiger partial charge in [-0.1, -0.05) is 25.6 Å². The molecule has 1 aromatic heterocycles. The summed E-state index contributed by atoms with van der Waals surface area (Å²) in [5.41, 5.74) is 5.13. The molecule has 1 atom stereocenters. The van der Waals surface area contributed by atoms with E-state index in [-0.39, 0.29) is 40.8 Å². The highest BCUT2D eigenvalue weighted by molar-refractivity contribution is 8.00. The molecule has 7 nitrogen and oxygen atoms in total. The number of imide groups is 1. The molecule has 0 aromatic carbocycles. The molecule has 0 saturated carbocycles. The first-order valence-electron chi connectivity index (χ1n) is 6.85. The van der Waals surface area contributed by atoms with Crippen molar-refractivity contribution in [2.24, 2.45) is 0 Å². The first-order chi connectivity index (χ1) is 9.96. The van der Waals surface area contributed by atoms with E-state index < -0.39 is 5.25 Å². The Morgan fingerprint density at radius 2 is 2.10 bits per heavy atom. The lowest BCUT2D eigenvalue weighted by molar-refractivity contribution is -0.141. The molecule has 1 unspecified atom stereocenters. The highest BCUT2D eigenvalue weighted by Gasteiger charge is 2.42. The molecule has 21 heavy (non-hydrogen) atoms. The fourth-order valence-electron chi connectivity index (χ4n) is 2.40. The summed E-state index contributed by atoms with van der Waals surface area (Å²) in [6.45, 7) is 3.90. The molecule has 114 valence electrons. The molecule has 0 aliphatic carbocycles. The van der Waals surface area contributed by atoms with Gasteiger partial charge in [0.15, 0.2) is 5.16 Å². The summed E-state index contributed by atoms with van der Waals surface area (Å²) in [5.74, 6) is -0.295. The predicted octanol–water partition coefficient (Wildman–Crippen LogP) is 0.760. The van der Waals surface area contributed by atoms with E-state index in [2.05, 4.69) is 9.97 Å². The summed E-state index contributed by atoms with van der Waals surface area (Å²) in [4.78, 5) is 43.6. The molecular weight excluding hydrogens is 292 g/mol. The number of anilines is 1. The largest absolute Gasteiger partial charge is 0.383 e. The number of nitrogens with zero attached hydrogens (tertiary/aromatic N) is 2. The van der Waals surface area contributed by atoms with E-state index in [0.29, 0.717) is 0 Å². The zero-order valence-electron chi connectivity index (χ0n) is 12.0. The van der Waals surface area contributed by atoms with Crippen LogP contribution in [0, 0.1) is 0 Å². The average molecular weight is 310 g/mol. The van der Waals surface area contributed by atoms with Gasteiger partial charge in [0.05, 0.1) is 0 Å². The Labute approximate surface area is 126 Å². The third kappa shape index (κ3) is 3.26. The number of thioether (sulfide) groups is 1. The number of hydrogen-bond acceptors (Lipinski definition) is 6. The molecule has 1 aliphatic rings. The molecule has 1 aromatic rings. The quantitative estimate of drug-likeness (QED) is 0.614. The van der Waals surface area contributed by atoms with Crippen LogP contribution in [0.4, 0.5) is 5.82 Å². The van der Waals surface area contributed by atoms with Gasteiger partial charge in [-0.3, -0.25) is 19.3 Å². The Balaban J connectivity index is 2.17. The van der Waals surface area contributed by atoms with Crippen LogP contribution in [0.2, 0.25) is 0 Å². The number of nitrogens with two attached hydrogens (primary N) is 1. The molecule has 2 heterocycles. The minimum absolute atomic E-state index is 0.0662. The zero-order valence-corrected chi connectivity index (χ0v) is 12.8. The summed E-state index contributed by atoms with van der Waals surface area (Å²) < 4.78 is 0. The monoisotopic (exact) mass is 310 g/mol. The number of amides is 2. The van der Waals surface area contributed by atoms with E-state index in [4.69, 9.17) is 5.73 Å². The van der Waals surface area contributed by atoms with Crippen molar-refractivity contribution >= 4 is 29.4 Å². The van der Waals surface area contributed by atoms with Gasteiger partial charge in [0.1, 0.15) is 11.1 Å². The van der Waals surface area contributed by atoms with E-state index in [1.807, 2.05) is 13.8 Å². The Bertz CT molecular complexity index is 612. The van der Waals surface area contributed by atoms with Crippen LogP contribution in [0.5, 0.6) is 0 Å². The van der Waals surface area contributed by atoms with Crippen molar-refractivity contribution in [2.45, 2.75) is 49.6 Å². The molecule has 8 heteroatoms. The summed E-state index contributed by atoms with van der Waals surface area (Å²) in [5, 5.41) is -0.291. The van der Waals surface area contributed by atoms with E-state index in [1.165, 1.54) is 11.0 Å². The van der Waals surface area contributed by atoms with Crippen molar-refractivity contribution in [1.29, 1.82) is 0 Å². The Kier molecular flexibility index (Phi) is 4.66. The predicted molar refractivity (Wildman–Crippen MR) is 79.8 cm³/mol. The van der Waals surface area contributed by atoms with Gasteiger partial charge >= 0.3 is 0 Å². The molecule has 0 spiro atoms. The zero-order chi connectivity index (χ0) is 15.6. The number of aromatic amines is 1. The summed E-state index contributed by atoms with van der Waals surface area (Å²) in [7, 11) is 0. The van der Waals surface area contributed by atoms with Crippen molar-refractivity contribution in [3.8, 4) is 0 Å². The summed E-state index contributed by atoms with van der Waals surface area (Å²) >= 11 is 1.07. The minimum Gasteiger partial charge on any atom is -0.383 e. The van der Waals surface area contributed by atoms with Crippen molar-refractivity contribution in [1.82, 2.24) is 14.9 Å². The van der Waals surface area contributed by atoms with Gasteiger partial charge in [-0.15, -0.1) is 0 Å². The van der Waals surface area contributed by atoms with Crippen LogP contribution in [0.1, 0.15) is 33.1 Å². The van der Waals surface area contributed by atoms with E-state index in [1.54, 1.807) is 0 Å². The SMILES string of the molecule is CCC(CC)N1C(=O)CC(Sc2nc(N)cc(=O)[nH]2)C1=O. The normalized spacial score (nSPS) is 18.8. The Morgan fingerprint density at radius 3 is 2.67 bits per heavy atom. The third-order valence-electron chi connectivity index (χ3n) is 3.44. The number of likely N-dealkylation sites (tertiary alicyclic amines) is 1. The van der Waals surface area contributed by atoms with Gasteiger partial charge in [-0.05, 0) is 12.8 Å². The standard InChI is InChI=1S/C13H18N4O3S/c1-3-7(4-2)17-11(19)5-8(12(17)20)21-13-15-9(14)6-10(18)16-13/h6-8H,3-5H2,1-2H3,(H3,14,15,16,18). The third-order valence-corrected chi connectivity index (χ3v) is 4.51. The maximum absolute atomic E-state index is 12.4. The average Bonchev–Trinajstić information content (AvgIpc) is 2.67. The molecule has 2 amide bonds. The lowest BCUT2D eigenvalue weighted by Gasteiger charge is -2.24. The van der Waals surface area contributed by atoms with Crippen LogP contribution in [-0.2, 0) is 9.59 Å². The maximum atomic E-state index is 12.4. The van der Waals surface area contributed by atoms with E-state index in [9.17, 15) is 14.4 Å². The van der Waals surface area contributed by atoms with Gasteiger partial charge in [-0.25, -0.2) is 4.98 Å². The van der Waals surface area contributed by atoms with Crippen LogP contribution in [-0.4, -0.2) is 38.0 Å². The van der Waals surface area contributed by atoms with E-state index >= 15 is 0 Å². The molecule has 1 aliphatic heterocycles. The van der Waals surface area contributed by atoms with Crippen molar-refractivity contribution in [3.63, 3.8) is 0 Å². The number of carbonyl (C=O) groups is 2. The van der Waals surface area contributed by atoms with Crippen molar-refractivity contribution < 1.29 is 9.59 Å². The van der Waals surface area contributed by atoms with E-state index in [0.717, 1.165) is 24.6 Å². The van der Waals surface area contributed by atoms with Crippen LogP contribution in [0.15, 0.2) is 16.0 Å². The lowest BCUT2D eigenvalue weighted by atomic mass is 10.1. The highest BCUT2D eigenvalue weighted by atomic mass is 32.2. The number of aromatic nitrogens is 2. The molecule has 1 saturated heterocycles. The molecule has 0 bridgehead atoms. The van der Waals surface area contributed by atoms with Crippen LogP contribution in [0.25, 0.3) is 0 Å². The fourth-order valence-corrected chi connectivity index (χ4v) is 3.42. The number of hydrogen-bond donors (Lipinski definition) is 2. The molecule has 3 N–H and O–H groups in total. The van der Waals surface area contributed by atoms with Gasteiger partial charge in [0.2, 0.25) is 11.8 Å². The number of carbonyl (C=O) groups excluding carboxylic acids is 2. The van der Waals surface area contributed by atoms with Gasteiger partial charge in [-0.2, -0.15) is 0 Å². The fraction of sp³-hybridized carbons (Fsp3) is 0.538. The number of nitrogen functional groups attached to an aromatic ring is 1. The maximum Gasteiger partial charge on any atom is 0.253 e. The second kappa shape index (κ2) is 6.30. The smallest absolute Gasteiger partial charge is 0.253 e. The first kappa shape index (κ1) is 15.6. The number of rotatable bonds is 5. The van der Waals surface area contributed by atoms with Crippen LogP contribution in [0.3, 0.4) is 0 Å². The first-order valence-corrected chi connectivity index (χ1v) is 7.73. The Hall–Kier alpha value is -1.83. The van der Waals surface area contributed by atoms with Crippen molar-refractivity contribution in [2.75, 3.05) is 5.73 Å². The topological polar surface area (TPSA) is 109 Å². The second-order valence-electron chi connectivity index (χ2n) is 4.86. The van der Waals surface area contributed by atoms with Gasteiger partial charge in [0, 0.05) is 18.5 Å². The van der Waals surface area contributed by atoms with Gasteiger partial charge < -0.3 is 10.7 Å². The lowest BCUT2D eigenvalue weighted by Crippen LogP contribution is -2.40. The van der Waals surface area contributed by atoms with Gasteiger partial charge in [0.25, 0.3) is 5.56 Å². The molecular formula is C13H18N4O3S. The molecule has 0 radical (unpaired) electrons. The van der Waals surface area contributed by atoms with Crippen molar-refractivity contribution in [3.05, 3.63) is 16.4 Å². The molecule has 2 rings (SSSR count). The highest BCUT2D eigenvalue weighted by Crippen LogP contribution is 2.31. The van der Waals surface area contributed by atoms with Crippen LogP contribution >= 0.6 is 11.8 Å². The minimum atomic E-state index is -0.553. The summed E-state index contributed by atoms with van der Waals surface area (Å²) in [6, 6.07) is 1.10. The summed E-state index contributed by atoms with van der Waals surface area (Å²) in [6.07, 6.45) is 1.59. The second-order valence-corrected chi connectivity index (χ2v) is 6.05.